The summed E-state index contributed by atoms with van der Waals surface area (Å²) in [6, 6.07) is 33.2. The summed E-state index contributed by atoms with van der Waals surface area (Å²) in [5.74, 6) is 0.115. The van der Waals surface area contributed by atoms with Crippen LogP contribution < -0.4 is 4.74 Å². The summed E-state index contributed by atoms with van der Waals surface area (Å²) in [5.41, 5.74) is 3.78. The molecule has 4 aromatic rings. The van der Waals surface area contributed by atoms with E-state index in [1.807, 2.05) is 84.9 Å². The normalized spacial score (nSPS) is 11.1. The van der Waals surface area contributed by atoms with Crippen LogP contribution in [0.1, 0.15) is 5.56 Å². The van der Waals surface area contributed by atoms with Gasteiger partial charge >= 0.3 is 5.97 Å². The van der Waals surface area contributed by atoms with Crippen LogP contribution in [0.5, 0.6) is 5.75 Å². The Kier molecular flexibility index (Phi) is 6.85. The Morgan fingerprint density at radius 3 is 1.41 bits per heavy atom. The van der Waals surface area contributed by atoms with Crippen LogP contribution >= 0.6 is 0 Å². The molecule has 0 saturated heterocycles. The van der Waals surface area contributed by atoms with Crippen molar-refractivity contribution in [1.29, 1.82) is 0 Å². The van der Waals surface area contributed by atoms with Gasteiger partial charge in [0, 0.05) is 0 Å². The fourth-order valence-corrected chi connectivity index (χ4v) is 2.82. The summed E-state index contributed by atoms with van der Waals surface area (Å²) in [6.07, 6.45) is 0.158. The van der Waals surface area contributed by atoms with Crippen LogP contribution in [0.25, 0.3) is 0 Å². The van der Waals surface area contributed by atoms with E-state index in [0.29, 0.717) is 17.1 Å². The molecule has 0 N–H and O–H groups in total. The van der Waals surface area contributed by atoms with E-state index in [9.17, 15) is 4.79 Å². The fraction of sp³-hybridized carbons (Fsp3) is 0.0385. The number of hydrogen-bond donors (Lipinski definition) is 0. The largest absolute Gasteiger partial charge is 0.426 e. The summed E-state index contributed by atoms with van der Waals surface area (Å²) in [4.78, 5) is 12.3. The number of hydrogen-bond acceptors (Lipinski definition) is 6. The van der Waals surface area contributed by atoms with Gasteiger partial charge in [0.2, 0.25) is 0 Å². The Bertz CT molecular complexity index is 1110. The number of benzene rings is 4. The minimum absolute atomic E-state index is 0.158. The molecule has 0 aromatic heterocycles. The maximum absolute atomic E-state index is 12.3. The van der Waals surface area contributed by atoms with Crippen molar-refractivity contribution in [2.75, 3.05) is 0 Å². The third-order valence-electron chi connectivity index (χ3n) is 4.43. The van der Waals surface area contributed by atoms with Crippen LogP contribution in [-0.4, -0.2) is 5.97 Å². The lowest BCUT2D eigenvalue weighted by Gasteiger charge is -2.05. The van der Waals surface area contributed by atoms with Gasteiger partial charge in [0.15, 0.2) is 0 Å². The highest BCUT2D eigenvalue weighted by Crippen LogP contribution is 2.22. The molecule has 156 valence electrons. The molecule has 6 heteroatoms. The van der Waals surface area contributed by atoms with Crippen molar-refractivity contribution in [2.45, 2.75) is 6.42 Å². The number of esters is 1. The van der Waals surface area contributed by atoms with Gasteiger partial charge in [0.05, 0.1) is 29.2 Å². The lowest BCUT2D eigenvalue weighted by Crippen LogP contribution is -2.10. The average molecular weight is 420 g/mol. The fourth-order valence-electron chi connectivity index (χ4n) is 2.82. The first-order chi connectivity index (χ1) is 15.7. The molecular weight excluding hydrogens is 400 g/mol. The molecule has 0 fully saturated rings. The lowest BCUT2D eigenvalue weighted by atomic mass is 10.1. The minimum Gasteiger partial charge on any atom is -0.426 e. The lowest BCUT2D eigenvalue weighted by molar-refractivity contribution is -0.133. The SMILES string of the molecule is O=C(Cc1ccc(/N=N/c2ccccc2)cc1)Oc1ccc(/N=N/c2ccccc2)cc1. The molecule has 4 rings (SSSR count). The summed E-state index contributed by atoms with van der Waals surface area (Å²) in [6.45, 7) is 0. The van der Waals surface area contributed by atoms with Crippen molar-refractivity contribution in [3.8, 4) is 5.75 Å². The van der Waals surface area contributed by atoms with Crippen molar-refractivity contribution in [3.05, 3.63) is 115 Å². The topological polar surface area (TPSA) is 75.7 Å². The predicted molar refractivity (Wildman–Crippen MR) is 123 cm³/mol. The number of nitrogens with zero attached hydrogens (tertiary/aromatic N) is 4. The van der Waals surface area contributed by atoms with Crippen molar-refractivity contribution in [1.82, 2.24) is 0 Å². The second-order valence-electron chi connectivity index (χ2n) is 6.88. The Labute approximate surface area is 186 Å². The highest BCUT2D eigenvalue weighted by Gasteiger charge is 2.07. The van der Waals surface area contributed by atoms with Gasteiger partial charge in [-0.05, 0) is 66.2 Å². The number of ether oxygens (including phenoxy) is 1. The molecule has 0 amide bonds. The second kappa shape index (κ2) is 10.5. The Hall–Kier alpha value is -4.45. The molecule has 0 unspecified atom stereocenters. The van der Waals surface area contributed by atoms with Gasteiger partial charge in [-0.2, -0.15) is 20.5 Å². The van der Waals surface area contributed by atoms with E-state index in [0.717, 1.165) is 16.9 Å². The van der Waals surface area contributed by atoms with Crippen LogP contribution in [0, 0.1) is 0 Å². The average Bonchev–Trinajstić information content (AvgIpc) is 2.84. The zero-order chi connectivity index (χ0) is 22.0. The smallest absolute Gasteiger partial charge is 0.315 e. The molecule has 0 bridgehead atoms. The number of rotatable bonds is 7. The monoisotopic (exact) mass is 420 g/mol. The molecular formula is C26H20N4O2. The summed E-state index contributed by atoms with van der Waals surface area (Å²) in [5, 5.41) is 16.7. The highest BCUT2D eigenvalue weighted by molar-refractivity contribution is 5.75. The van der Waals surface area contributed by atoms with Gasteiger partial charge in [0.1, 0.15) is 5.75 Å². The van der Waals surface area contributed by atoms with Crippen LogP contribution in [0.15, 0.2) is 130 Å². The summed E-state index contributed by atoms with van der Waals surface area (Å²) < 4.78 is 5.42. The number of carbonyl (C=O) groups is 1. The van der Waals surface area contributed by atoms with E-state index in [-0.39, 0.29) is 12.4 Å². The minimum atomic E-state index is -0.345. The second-order valence-corrected chi connectivity index (χ2v) is 6.88. The molecule has 0 saturated carbocycles. The third kappa shape index (κ3) is 6.27. The molecule has 0 radical (unpaired) electrons. The first-order valence-electron chi connectivity index (χ1n) is 10.1. The first kappa shape index (κ1) is 20.8. The zero-order valence-electron chi connectivity index (χ0n) is 17.2. The van der Waals surface area contributed by atoms with E-state index < -0.39 is 0 Å². The van der Waals surface area contributed by atoms with Crippen molar-refractivity contribution < 1.29 is 9.53 Å². The maximum atomic E-state index is 12.3. The van der Waals surface area contributed by atoms with E-state index in [1.54, 1.807) is 24.3 Å². The van der Waals surface area contributed by atoms with Gasteiger partial charge in [-0.15, -0.1) is 0 Å². The van der Waals surface area contributed by atoms with Gasteiger partial charge in [-0.3, -0.25) is 4.79 Å². The van der Waals surface area contributed by atoms with Crippen LogP contribution in [0.2, 0.25) is 0 Å². The zero-order valence-corrected chi connectivity index (χ0v) is 17.2. The molecule has 0 atom stereocenters. The molecule has 6 nitrogen and oxygen atoms in total. The Morgan fingerprint density at radius 2 is 0.938 bits per heavy atom. The van der Waals surface area contributed by atoms with E-state index >= 15 is 0 Å². The number of azo groups is 2. The van der Waals surface area contributed by atoms with Crippen LogP contribution in [0.3, 0.4) is 0 Å². The molecule has 0 spiro atoms. The van der Waals surface area contributed by atoms with E-state index in [2.05, 4.69) is 20.5 Å². The van der Waals surface area contributed by atoms with Crippen LogP contribution in [0.4, 0.5) is 22.7 Å². The van der Waals surface area contributed by atoms with Gasteiger partial charge in [-0.1, -0.05) is 48.5 Å². The van der Waals surface area contributed by atoms with E-state index in [4.69, 9.17) is 4.74 Å². The third-order valence-corrected chi connectivity index (χ3v) is 4.43. The highest BCUT2D eigenvalue weighted by atomic mass is 16.5. The van der Waals surface area contributed by atoms with Gasteiger partial charge < -0.3 is 4.74 Å². The predicted octanol–water partition coefficient (Wildman–Crippen LogP) is 7.67. The van der Waals surface area contributed by atoms with Crippen molar-refractivity contribution in [2.24, 2.45) is 20.5 Å². The Morgan fingerprint density at radius 1 is 0.531 bits per heavy atom. The standard InChI is InChI=1S/C26H20N4O2/c31-26(19-20-11-13-23(14-12-20)29-27-21-7-3-1-4-8-21)32-25-17-15-24(16-18-25)30-28-22-9-5-2-6-10-22/h1-18H,19H2/b29-27+,30-28+. The summed E-state index contributed by atoms with van der Waals surface area (Å²) >= 11 is 0. The van der Waals surface area contributed by atoms with Crippen LogP contribution in [-0.2, 0) is 11.2 Å². The van der Waals surface area contributed by atoms with Gasteiger partial charge in [-0.25, -0.2) is 0 Å². The molecule has 4 aromatic carbocycles. The maximum Gasteiger partial charge on any atom is 0.315 e. The molecule has 0 aliphatic rings. The number of carbonyl (C=O) groups excluding carboxylic acids is 1. The van der Waals surface area contributed by atoms with Crippen molar-refractivity contribution in [3.63, 3.8) is 0 Å². The first-order valence-corrected chi connectivity index (χ1v) is 10.1. The van der Waals surface area contributed by atoms with E-state index in [1.165, 1.54) is 0 Å². The van der Waals surface area contributed by atoms with Crippen molar-refractivity contribution >= 4 is 28.7 Å². The van der Waals surface area contributed by atoms with Gasteiger partial charge in [0.25, 0.3) is 0 Å². The summed E-state index contributed by atoms with van der Waals surface area (Å²) in [7, 11) is 0. The molecule has 32 heavy (non-hydrogen) atoms. The molecule has 0 heterocycles. The molecule has 0 aliphatic carbocycles. The quantitative estimate of drug-likeness (QED) is 0.175. The Balaban J connectivity index is 1.29. The molecule has 0 aliphatic heterocycles.